The lowest BCUT2D eigenvalue weighted by atomic mass is 9.93. The maximum Gasteiger partial charge on any atom is 0.270 e. The molecule has 0 heterocycles. The molecule has 5 nitrogen and oxygen atoms in total. The average molecular weight is 296 g/mol. The third-order valence-corrected chi connectivity index (χ3v) is 4.12. The van der Waals surface area contributed by atoms with Crippen molar-refractivity contribution in [1.82, 2.24) is 4.90 Å². The van der Waals surface area contributed by atoms with E-state index in [9.17, 15) is 14.9 Å². The van der Waals surface area contributed by atoms with Crippen LogP contribution in [0, 0.1) is 10.1 Å². The zero-order valence-corrected chi connectivity index (χ0v) is 12.5. The Hall–Kier alpha value is -2.69. The van der Waals surface area contributed by atoms with E-state index in [0.29, 0.717) is 11.3 Å². The molecular weight excluding hydrogens is 280 g/mol. The predicted octanol–water partition coefficient (Wildman–Crippen LogP) is 3.18. The molecule has 0 saturated carbocycles. The van der Waals surface area contributed by atoms with Crippen molar-refractivity contribution < 1.29 is 9.72 Å². The fraction of sp³-hybridized carbons (Fsp3) is 0.235. The van der Waals surface area contributed by atoms with Gasteiger partial charge >= 0.3 is 0 Å². The van der Waals surface area contributed by atoms with Gasteiger partial charge in [0.2, 0.25) is 5.78 Å². The molecule has 1 aromatic rings. The molecule has 0 saturated heterocycles. The highest BCUT2D eigenvalue weighted by Crippen LogP contribution is 2.40. The number of rotatable bonds is 4. The number of benzene rings is 1. The van der Waals surface area contributed by atoms with Crippen LogP contribution in [0.1, 0.15) is 25.0 Å². The number of nitro benzene ring substituents is 1. The number of hydrogen-bond donors (Lipinski definition) is 0. The first-order valence-corrected chi connectivity index (χ1v) is 7.29. The van der Waals surface area contributed by atoms with Gasteiger partial charge in [0.15, 0.2) is 0 Å². The van der Waals surface area contributed by atoms with Gasteiger partial charge in [0.25, 0.3) is 5.69 Å². The summed E-state index contributed by atoms with van der Waals surface area (Å²) in [5, 5.41) is 10.9. The average Bonchev–Trinajstić information content (AvgIpc) is 2.89. The Kier molecular flexibility index (Phi) is 3.41. The van der Waals surface area contributed by atoms with Crippen LogP contribution in [-0.4, -0.2) is 28.7 Å². The van der Waals surface area contributed by atoms with Gasteiger partial charge in [0, 0.05) is 30.8 Å². The van der Waals surface area contributed by atoms with Crippen LogP contribution >= 0.6 is 0 Å². The van der Waals surface area contributed by atoms with Crippen LogP contribution in [0.2, 0.25) is 0 Å². The van der Waals surface area contributed by atoms with Crippen LogP contribution in [0.25, 0.3) is 11.6 Å². The largest absolute Gasteiger partial charge is 0.369 e. The molecule has 0 bridgehead atoms. The molecule has 0 atom stereocenters. The summed E-state index contributed by atoms with van der Waals surface area (Å²) in [5.74, 6) is -0.0138. The van der Waals surface area contributed by atoms with Gasteiger partial charge in [0.05, 0.1) is 10.6 Å². The van der Waals surface area contributed by atoms with Gasteiger partial charge in [-0.2, -0.15) is 0 Å². The Morgan fingerprint density at radius 2 is 1.86 bits per heavy atom. The van der Waals surface area contributed by atoms with Crippen molar-refractivity contribution in [3.8, 4) is 0 Å². The second kappa shape index (κ2) is 5.26. The van der Waals surface area contributed by atoms with Crippen molar-refractivity contribution in [1.29, 1.82) is 0 Å². The lowest BCUT2D eigenvalue weighted by Crippen LogP contribution is -2.29. The van der Waals surface area contributed by atoms with E-state index in [0.717, 1.165) is 29.8 Å². The maximum atomic E-state index is 12.7. The first-order valence-electron chi connectivity index (χ1n) is 7.29. The molecule has 22 heavy (non-hydrogen) atoms. The monoisotopic (exact) mass is 296 g/mol. The number of carbonyl (C=O) groups excluding carboxylic acids is 1. The van der Waals surface area contributed by atoms with Crippen molar-refractivity contribution >= 4 is 23.1 Å². The molecule has 0 unspecified atom stereocenters. The molecule has 0 aromatic heterocycles. The Labute approximate surface area is 128 Å². The molecule has 0 spiro atoms. The number of Topliss-reactive ketones (excluding diaryl/α,β-unsaturated/α-hetero) is 1. The van der Waals surface area contributed by atoms with E-state index in [4.69, 9.17) is 0 Å². The number of carbonyl (C=O) groups is 1. The van der Waals surface area contributed by atoms with E-state index in [1.165, 1.54) is 12.1 Å². The second-order valence-corrected chi connectivity index (χ2v) is 5.22. The number of allylic oxidation sites excluding steroid dienone is 4. The third-order valence-electron chi connectivity index (χ3n) is 4.12. The zero-order valence-electron chi connectivity index (χ0n) is 12.5. The molecule has 0 N–H and O–H groups in total. The predicted molar refractivity (Wildman–Crippen MR) is 85.1 cm³/mol. The van der Waals surface area contributed by atoms with Crippen LogP contribution in [0.3, 0.4) is 0 Å². The van der Waals surface area contributed by atoms with Crippen LogP contribution in [0.4, 0.5) is 5.69 Å². The summed E-state index contributed by atoms with van der Waals surface area (Å²) in [6.07, 6.45) is 5.53. The SMILES string of the molecule is CCN(CC)C1=CC=C2C(=Cc3cc([N+](=O)[O-])ccc32)C1=O. The van der Waals surface area contributed by atoms with Crippen LogP contribution in [-0.2, 0) is 4.79 Å². The maximum absolute atomic E-state index is 12.7. The highest BCUT2D eigenvalue weighted by atomic mass is 16.6. The van der Waals surface area contributed by atoms with E-state index in [1.807, 2.05) is 30.9 Å². The fourth-order valence-electron chi connectivity index (χ4n) is 2.96. The summed E-state index contributed by atoms with van der Waals surface area (Å²) >= 11 is 0. The summed E-state index contributed by atoms with van der Waals surface area (Å²) in [6.45, 7) is 5.56. The number of fused-ring (bicyclic) bond motifs is 3. The van der Waals surface area contributed by atoms with Gasteiger partial charge in [-0.3, -0.25) is 14.9 Å². The lowest BCUT2D eigenvalue weighted by Gasteiger charge is -2.25. The van der Waals surface area contributed by atoms with Crippen LogP contribution in [0.5, 0.6) is 0 Å². The normalized spacial score (nSPS) is 15.5. The number of nitro groups is 1. The van der Waals surface area contributed by atoms with E-state index in [-0.39, 0.29) is 11.5 Å². The Balaban J connectivity index is 2.05. The summed E-state index contributed by atoms with van der Waals surface area (Å²) in [7, 11) is 0. The lowest BCUT2D eigenvalue weighted by molar-refractivity contribution is -0.384. The summed E-state index contributed by atoms with van der Waals surface area (Å²) in [5.41, 5.74) is 3.81. The second-order valence-electron chi connectivity index (χ2n) is 5.22. The van der Waals surface area contributed by atoms with Gasteiger partial charge in [-0.05, 0) is 48.8 Å². The van der Waals surface area contributed by atoms with Gasteiger partial charge in [-0.1, -0.05) is 6.08 Å². The van der Waals surface area contributed by atoms with Gasteiger partial charge in [-0.25, -0.2) is 0 Å². The molecule has 3 rings (SSSR count). The Bertz CT molecular complexity index is 768. The standard InChI is InChI=1S/C17H16N2O3/c1-3-18(4-2)16-8-7-14-13-6-5-12(19(21)22)9-11(13)10-15(14)17(16)20/h5-10H,3-4H2,1-2H3. The molecule has 0 radical (unpaired) electrons. The van der Waals surface area contributed by atoms with Gasteiger partial charge in [-0.15, -0.1) is 0 Å². The molecular formula is C17H16N2O3. The first-order chi connectivity index (χ1) is 10.6. The molecule has 112 valence electrons. The van der Waals surface area contributed by atoms with Gasteiger partial charge < -0.3 is 4.90 Å². The van der Waals surface area contributed by atoms with Gasteiger partial charge in [0.1, 0.15) is 0 Å². The van der Waals surface area contributed by atoms with Crippen molar-refractivity contribution in [2.24, 2.45) is 0 Å². The molecule has 2 aliphatic rings. The summed E-state index contributed by atoms with van der Waals surface area (Å²) in [4.78, 5) is 25.2. The Morgan fingerprint density at radius 1 is 1.14 bits per heavy atom. The topological polar surface area (TPSA) is 63.4 Å². The molecule has 2 aliphatic carbocycles. The number of hydrogen-bond acceptors (Lipinski definition) is 4. The highest BCUT2D eigenvalue weighted by Gasteiger charge is 2.30. The smallest absolute Gasteiger partial charge is 0.270 e. The van der Waals surface area contributed by atoms with Crippen molar-refractivity contribution in [3.63, 3.8) is 0 Å². The molecule has 0 amide bonds. The summed E-state index contributed by atoms with van der Waals surface area (Å²) in [6, 6.07) is 4.71. The van der Waals surface area contributed by atoms with E-state index < -0.39 is 4.92 Å². The van der Waals surface area contributed by atoms with Crippen LogP contribution in [0.15, 0.2) is 41.6 Å². The Morgan fingerprint density at radius 3 is 2.50 bits per heavy atom. The van der Waals surface area contributed by atoms with Crippen molar-refractivity contribution in [3.05, 3.63) is 62.9 Å². The first kappa shape index (κ1) is 14.3. The number of non-ortho nitro benzene ring substituents is 1. The van der Waals surface area contributed by atoms with Crippen LogP contribution < -0.4 is 0 Å². The number of nitrogens with zero attached hydrogens (tertiary/aromatic N) is 2. The minimum Gasteiger partial charge on any atom is -0.369 e. The van der Waals surface area contributed by atoms with Crippen molar-refractivity contribution in [2.75, 3.05) is 13.1 Å². The number of likely N-dealkylation sites (N-methyl/N-ethyl adjacent to an activating group) is 1. The minimum absolute atomic E-state index is 0.0138. The fourth-order valence-corrected chi connectivity index (χ4v) is 2.96. The molecule has 0 aliphatic heterocycles. The zero-order chi connectivity index (χ0) is 15.9. The van der Waals surface area contributed by atoms with Crippen molar-refractivity contribution in [2.45, 2.75) is 13.8 Å². The number of ketones is 1. The molecule has 1 aromatic carbocycles. The molecule has 5 heteroatoms. The van der Waals surface area contributed by atoms with E-state index in [1.54, 1.807) is 12.1 Å². The van der Waals surface area contributed by atoms with E-state index in [2.05, 4.69) is 0 Å². The minimum atomic E-state index is -0.420. The molecule has 0 fully saturated rings. The summed E-state index contributed by atoms with van der Waals surface area (Å²) < 4.78 is 0. The van der Waals surface area contributed by atoms with E-state index >= 15 is 0 Å². The quantitative estimate of drug-likeness (QED) is 0.632. The third kappa shape index (κ3) is 2.06. The highest BCUT2D eigenvalue weighted by molar-refractivity contribution is 6.25.